The van der Waals surface area contributed by atoms with E-state index in [2.05, 4.69) is 4.98 Å². The number of ether oxygens (including phenoxy) is 2. The largest absolute Gasteiger partial charge is 0.489 e. The fourth-order valence-electron chi connectivity index (χ4n) is 4.28. The zero-order valence-corrected chi connectivity index (χ0v) is 17.3. The Bertz CT molecular complexity index is 1010. The number of fused-ring (bicyclic) bond motifs is 2. The summed E-state index contributed by atoms with van der Waals surface area (Å²) in [6.07, 6.45) is 2.56. The van der Waals surface area contributed by atoms with Gasteiger partial charge in [-0.25, -0.2) is 9.98 Å². The maximum atomic E-state index is 14.4. The topological polar surface area (TPSA) is 90.0 Å². The molecule has 1 saturated heterocycles. The first-order valence-corrected chi connectivity index (χ1v) is 9.81. The summed E-state index contributed by atoms with van der Waals surface area (Å²) in [5, 5.41) is 0. The first-order chi connectivity index (χ1) is 14.3. The normalized spacial score (nSPS) is 28.1. The number of benzene rings is 1. The van der Waals surface area contributed by atoms with Gasteiger partial charge in [-0.1, -0.05) is 13.0 Å². The first-order valence-electron chi connectivity index (χ1n) is 9.81. The van der Waals surface area contributed by atoms with Crippen LogP contribution in [0.25, 0.3) is 11.1 Å². The van der Waals surface area contributed by atoms with Crippen LogP contribution in [0, 0.1) is 11.4 Å². The monoisotopic (exact) mass is 412 g/mol. The lowest BCUT2D eigenvalue weighted by atomic mass is 9.62. The summed E-state index contributed by atoms with van der Waals surface area (Å²) in [6.45, 7) is 2.75. The second kappa shape index (κ2) is 7.36. The molecule has 0 spiro atoms. The fourth-order valence-corrected chi connectivity index (χ4v) is 4.28. The number of aliphatic imine (C=N–C) groups is 1. The average Bonchev–Trinajstić information content (AvgIpc) is 2.74. The average molecular weight is 412 g/mol. The molecule has 1 aromatic carbocycles. The minimum atomic E-state index is -1.35. The molecule has 0 bridgehead atoms. The van der Waals surface area contributed by atoms with Gasteiger partial charge >= 0.3 is 0 Å². The number of hydrogen-bond acceptors (Lipinski definition) is 5. The van der Waals surface area contributed by atoms with Gasteiger partial charge in [-0.15, -0.1) is 0 Å². The zero-order valence-electron chi connectivity index (χ0n) is 17.3. The number of aldehydes is 1. The van der Waals surface area contributed by atoms with E-state index in [1.165, 1.54) is 6.20 Å². The van der Waals surface area contributed by atoms with E-state index in [0.29, 0.717) is 35.5 Å². The van der Waals surface area contributed by atoms with E-state index in [4.69, 9.17) is 20.2 Å². The Kier molecular flexibility index (Phi) is 4.97. The Morgan fingerprint density at radius 3 is 2.90 bits per heavy atom. The number of aromatic nitrogens is 1. The van der Waals surface area contributed by atoms with E-state index in [-0.39, 0.29) is 18.7 Å². The lowest BCUT2D eigenvalue weighted by Crippen LogP contribution is -2.61. The second-order valence-electron chi connectivity index (χ2n) is 8.17. The molecule has 2 aliphatic heterocycles. The highest BCUT2D eigenvalue weighted by atomic mass is 19.1. The molecule has 0 saturated carbocycles. The maximum Gasteiger partial charge on any atom is 0.220 e. The van der Waals surface area contributed by atoms with Crippen LogP contribution in [-0.2, 0) is 15.1 Å². The quantitative estimate of drug-likeness (QED) is 0.360. The summed E-state index contributed by atoms with van der Waals surface area (Å²) < 4.78 is 26.4. The molecule has 4 rings (SSSR count). The molecule has 3 unspecified atom stereocenters. The molecule has 1 fully saturated rings. The number of halogens is 1. The van der Waals surface area contributed by atoms with Crippen molar-refractivity contribution in [2.45, 2.75) is 25.0 Å². The summed E-state index contributed by atoms with van der Waals surface area (Å²) in [5.41, 5.74) is 5.49. The molecule has 8 heteroatoms. The van der Waals surface area contributed by atoms with Crippen LogP contribution in [0.4, 0.5) is 4.39 Å². The van der Waals surface area contributed by atoms with Crippen LogP contribution in [0.2, 0.25) is 0 Å². The molecule has 2 N–H and O–H groups in total. The van der Waals surface area contributed by atoms with Gasteiger partial charge in [-0.3, -0.25) is 0 Å². The molecule has 1 aromatic heterocycles. The fraction of sp³-hybridized carbons (Fsp3) is 0.409. The number of nitrogens with zero attached hydrogens (tertiary/aromatic N) is 3. The Morgan fingerprint density at radius 1 is 1.40 bits per heavy atom. The molecule has 7 nitrogen and oxygen atoms in total. The second-order valence-corrected chi connectivity index (χ2v) is 8.17. The molecule has 0 aliphatic carbocycles. The van der Waals surface area contributed by atoms with Gasteiger partial charge in [0.2, 0.25) is 5.95 Å². The Balaban J connectivity index is 1.99. The summed E-state index contributed by atoms with van der Waals surface area (Å²) >= 11 is 0. The van der Waals surface area contributed by atoms with Crippen LogP contribution >= 0.6 is 0 Å². The van der Waals surface area contributed by atoms with Crippen LogP contribution in [0.15, 0.2) is 41.5 Å². The van der Waals surface area contributed by atoms with Crippen molar-refractivity contribution in [1.29, 1.82) is 0 Å². The van der Waals surface area contributed by atoms with Crippen LogP contribution in [0.3, 0.4) is 0 Å². The molecule has 30 heavy (non-hydrogen) atoms. The highest BCUT2D eigenvalue weighted by Crippen LogP contribution is 2.55. The van der Waals surface area contributed by atoms with Crippen molar-refractivity contribution < 1.29 is 18.7 Å². The number of pyridine rings is 1. The molecule has 2 aliphatic rings. The number of rotatable bonds is 3. The van der Waals surface area contributed by atoms with Gasteiger partial charge < -0.3 is 24.9 Å². The summed E-state index contributed by atoms with van der Waals surface area (Å²) in [4.78, 5) is 22.9. The third-order valence-corrected chi connectivity index (χ3v) is 6.16. The van der Waals surface area contributed by atoms with E-state index < -0.39 is 16.9 Å². The number of carbonyl (C=O) groups excluding carboxylic acids is 1. The van der Waals surface area contributed by atoms with E-state index >= 15 is 0 Å². The minimum absolute atomic E-state index is 0.207. The Hall–Kier alpha value is -3.00. The molecule has 0 radical (unpaired) electrons. The number of guanidine groups is 1. The van der Waals surface area contributed by atoms with Gasteiger partial charge in [0.1, 0.15) is 11.9 Å². The van der Waals surface area contributed by atoms with Crippen LogP contribution < -0.4 is 10.5 Å². The van der Waals surface area contributed by atoms with Crippen molar-refractivity contribution in [2.75, 3.05) is 27.3 Å². The van der Waals surface area contributed by atoms with Gasteiger partial charge in [0.15, 0.2) is 17.8 Å². The maximum absolute atomic E-state index is 14.4. The van der Waals surface area contributed by atoms with Gasteiger partial charge in [0.05, 0.1) is 18.6 Å². The minimum Gasteiger partial charge on any atom is -0.489 e. The lowest BCUT2D eigenvalue weighted by molar-refractivity contribution is -0.146. The molecule has 3 atom stereocenters. The Morgan fingerprint density at radius 2 is 2.20 bits per heavy atom. The van der Waals surface area contributed by atoms with Crippen molar-refractivity contribution in [3.63, 3.8) is 0 Å². The summed E-state index contributed by atoms with van der Waals surface area (Å²) in [5.74, 6) is 0.153. The first kappa shape index (κ1) is 20.3. The highest BCUT2D eigenvalue weighted by Gasteiger charge is 2.61. The van der Waals surface area contributed by atoms with Crippen molar-refractivity contribution in [1.82, 2.24) is 9.88 Å². The third kappa shape index (κ3) is 2.94. The number of hydrogen-bond donors (Lipinski definition) is 1. The molecule has 158 valence electrons. The SMILES string of the molecule is CN(C)C(N)=NC1(C=O)c2cc(-c3cccnc3F)ccc2OC2CCOCC21C. The van der Waals surface area contributed by atoms with Crippen molar-refractivity contribution >= 4 is 12.2 Å². The van der Waals surface area contributed by atoms with Gasteiger partial charge in [-0.2, -0.15) is 4.39 Å². The summed E-state index contributed by atoms with van der Waals surface area (Å²) in [7, 11) is 3.52. The summed E-state index contributed by atoms with van der Waals surface area (Å²) in [6, 6.07) is 8.56. The number of carbonyl (C=O) groups is 1. The van der Waals surface area contributed by atoms with Gasteiger partial charge in [0, 0.05) is 37.8 Å². The van der Waals surface area contributed by atoms with Crippen LogP contribution in [0.1, 0.15) is 18.9 Å². The number of nitrogens with two attached hydrogens (primary N) is 1. The molecular weight excluding hydrogens is 387 g/mol. The predicted octanol–water partition coefficient (Wildman–Crippen LogP) is 2.35. The molecule has 0 amide bonds. The molecule has 3 heterocycles. The molecule has 2 aromatic rings. The van der Waals surface area contributed by atoms with Crippen LogP contribution in [-0.4, -0.2) is 55.5 Å². The zero-order chi connectivity index (χ0) is 21.5. The van der Waals surface area contributed by atoms with Crippen molar-refractivity contribution in [3.8, 4) is 16.9 Å². The molecular formula is C22H25FN4O3. The van der Waals surface area contributed by atoms with Gasteiger partial charge in [-0.05, 0) is 29.8 Å². The van der Waals surface area contributed by atoms with Crippen LogP contribution in [0.5, 0.6) is 5.75 Å². The van der Waals surface area contributed by atoms with Crippen molar-refractivity contribution in [2.24, 2.45) is 16.1 Å². The predicted molar refractivity (Wildman–Crippen MR) is 111 cm³/mol. The highest BCUT2D eigenvalue weighted by molar-refractivity contribution is 5.84. The van der Waals surface area contributed by atoms with E-state index in [9.17, 15) is 9.18 Å². The van der Waals surface area contributed by atoms with Crippen molar-refractivity contribution in [3.05, 3.63) is 48.0 Å². The van der Waals surface area contributed by atoms with E-state index in [1.54, 1.807) is 49.3 Å². The standard InChI is InChI=1S/C22H25FN4O3/c1-21-13-29-10-8-18(21)30-17-7-6-14(15-5-4-9-25-19(15)23)11-16(17)22(21,12-28)26-20(24)27(2)3/h4-7,9,11-12,18H,8,10,13H2,1-3H3,(H2,24,26). The van der Waals surface area contributed by atoms with Gasteiger partial charge in [0.25, 0.3) is 0 Å². The van der Waals surface area contributed by atoms with E-state index in [0.717, 1.165) is 6.29 Å². The smallest absolute Gasteiger partial charge is 0.220 e. The third-order valence-electron chi connectivity index (χ3n) is 6.16. The lowest BCUT2D eigenvalue weighted by Gasteiger charge is -2.53. The van der Waals surface area contributed by atoms with E-state index in [1.807, 2.05) is 6.92 Å². The Labute approximate surface area is 174 Å².